The lowest BCUT2D eigenvalue weighted by Gasteiger charge is -2.03. The fourth-order valence-electron chi connectivity index (χ4n) is 1.81. The summed E-state index contributed by atoms with van der Waals surface area (Å²) in [7, 11) is 0. The monoisotopic (exact) mass is 242 g/mol. The van der Waals surface area contributed by atoms with Crippen LogP contribution in [0.15, 0.2) is 48.5 Å². The summed E-state index contributed by atoms with van der Waals surface area (Å²) < 4.78 is 13.4. The van der Waals surface area contributed by atoms with Crippen molar-refractivity contribution in [3.63, 3.8) is 0 Å². The molecule has 0 heterocycles. The molecule has 1 nitrogen and oxygen atoms in total. The summed E-state index contributed by atoms with van der Waals surface area (Å²) in [5, 5.41) is 0. The van der Waals surface area contributed by atoms with Gasteiger partial charge in [0.05, 0.1) is 0 Å². The molecule has 2 rings (SSSR count). The molecule has 0 bridgehead atoms. The van der Waals surface area contributed by atoms with Crippen molar-refractivity contribution in [1.29, 1.82) is 0 Å². The molecule has 0 saturated heterocycles. The molecule has 0 radical (unpaired) electrons. The van der Waals surface area contributed by atoms with Gasteiger partial charge in [-0.05, 0) is 30.5 Å². The summed E-state index contributed by atoms with van der Waals surface area (Å²) in [5.74, 6) is -0.335. The zero-order valence-electron chi connectivity index (χ0n) is 10.3. The molecule has 0 unspecified atom stereocenters. The first-order chi connectivity index (χ1) is 8.66. The Balaban J connectivity index is 2.02. The quantitative estimate of drug-likeness (QED) is 0.742. The Labute approximate surface area is 106 Å². The molecule has 2 aromatic rings. The molecule has 0 aliphatic carbocycles. The van der Waals surface area contributed by atoms with E-state index in [-0.39, 0.29) is 11.6 Å². The lowest BCUT2D eigenvalue weighted by atomic mass is 10.0. The maximum atomic E-state index is 13.4. The van der Waals surface area contributed by atoms with Crippen LogP contribution in [0.2, 0.25) is 0 Å². The van der Waals surface area contributed by atoms with E-state index in [1.54, 1.807) is 19.1 Å². The molecule has 18 heavy (non-hydrogen) atoms. The van der Waals surface area contributed by atoms with Gasteiger partial charge in [0.25, 0.3) is 0 Å². The molecule has 0 spiro atoms. The van der Waals surface area contributed by atoms with E-state index in [4.69, 9.17) is 0 Å². The highest BCUT2D eigenvalue weighted by Gasteiger charge is 2.08. The molecule has 0 N–H and O–H groups in total. The summed E-state index contributed by atoms with van der Waals surface area (Å²) in [5.41, 5.74) is 2.14. The number of rotatable bonds is 4. The van der Waals surface area contributed by atoms with Crippen LogP contribution < -0.4 is 0 Å². The lowest BCUT2D eigenvalue weighted by Crippen LogP contribution is -2.02. The van der Waals surface area contributed by atoms with Crippen molar-refractivity contribution in [2.45, 2.75) is 19.8 Å². The van der Waals surface area contributed by atoms with E-state index in [0.717, 1.165) is 5.56 Å². The number of halogens is 1. The number of ketones is 1. The van der Waals surface area contributed by atoms with Crippen LogP contribution in [-0.2, 0) is 6.42 Å². The second kappa shape index (κ2) is 5.58. The predicted molar refractivity (Wildman–Crippen MR) is 70.2 cm³/mol. The van der Waals surface area contributed by atoms with Crippen molar-refractivity contribution < 1.29 is 9.18 Å². The topological polar surface area (TPSA) is 17.1 Å². The van der Waals surface area contributed by atoms with Crippen molar-refractivity contribution in [3.8, 4) is 0 Å². The molecule has 92 valence electrons. The third kappa shape index (κ3) is 3.04. The Bertz CT molecular complexity index is 546. The second-order valence-corrected chi connectivity index (χ2v) is 4.37. The van der Waals surface area contributed by atoms with Gasteiger partial charge in [0, 0.05) is 12.0 Å². The van der Waals surface area contributed by atoms with Gasteiger partial charge < -0.3 is 0 Å². The van der Waals surface area contributed by atoms with Gasteiger partial charge in [-0.3, -0.25) is 4.79 Å². The first-order valence-electron chi connectivity index (χ1n) is 6.00. The van der Waals surface area contributed by atoms with Crippen LogP contribution in [0.5, 0.6) is 0 Å². The molecule has 0 fully saturated rings. The van der Waals surface area contributed by atoms with Crippen molar-refractivity contribution in [1.82, 2.24) is 0 Å². The van der Waals surface area contributed by atoms with E-state index in [2.05, 4.69) is 0 Å². The van der Waals surface area contributed by atoms with Crippen LogP contribution in [-0.4, -0.2) is 5.78 Å². The largest absolute Gasteiger partial charge is 0.294 e. The minimum absolute atomic E-state index is 0.0160. The van der Waals surface area contributed by atoms with Gasteiger partial charge in [0.2, 0.25) is 0 Å². The van der Waals surface area contributed by atoms with Gasteiger partial charge >= 0.3 is 0 Å². The maximum absolute atomic E-state index is 13.4. The van der Waals surface area contributed by atoms with Gasteiger partial charge in [0.15, 0.2) is 5.78 Å². The SMILES string of the molecule is Cc1ccc(C(=O)CCc2ccccc2)cc1F. The highest BCUT2D eigenvalue weighted by molar-refractivity contribution is 5.96. The summed E-state index contributed by atoms with van der Waals surface area (Å²) in [6, 6.07) is 14.5. The average molecular weight is 242 g/mol. The zero-order chi connectivity index (χ0) is 13.0. The number of hydrogen-bond donors (Lipinski definition) is 0. The normalized spacial score (nSPS) is 10.3. The maximum Gasteiger partial charge on any atom is 0.163 e. The Kier molecular flexibility index (Phi) is 3.88. The third-order valence-electron chi connectivity index (χ3n) is 2.98. The summed E-state index contributed by atoms with van der Waals surface area (Å²) >= 11 is 0. The fourth-order valence-corrected chi connectivity index (χ4v) is 1.81. The van der Waals surface area contributed by atoms with Crippen LogP contribution in [0.25, 0.3) is 0 Å². The first kappa shape index (κ1) is 12.5. The van der Waals surface area contributed by atoms with Gasteiger partial charge in [-0.2, -0.15) is 0 Å². The number of benzene rings is 2. The summed E-state index contributed by atoms with van der Waals surface area (Å²) in [6.07, 6.45) is 1.10. The van der Waals surface area contributed by atoms with Crippen molar-refractivity contribution in [2.24, 2.45) is 0 Å². The minimum Gasteiger partial charge on any atom is -0.294 e. The number of carbonyl (C=O) groups excluding carboxylic acids is 1. The highest BCUT2D eigenvalue weighted by atomic mass is 19.1. The molecule has 0 saturated carbocycles. The molecule has 2 aromatic carbocycles. The number of hydrogen-bond acceptors (Lipinski definition) is 1. The standard InChI is InChI=1S/C16H15FO/c1-12-7-9-14(11-15(12)17)16(18)10-8-13-5-3-2-4-6-13/h2-7,9,11H,8,10H2,1H3. The Morgan fingerprint density at radius 2 is 1.83 bits per heavy atom. The summed E-state index contributed by atoms with van der Waals surface area (Å²) in [6.45, 7) is 1.69. The molecular formula is C16H15FO. The van der Waals surface area contributed by atoms with E-state index >= 15 is 0 Å². The van der Waals surface area contributed by atoms with E-state index in [1.165, 1.54) is 6.07 Å². The number of carbonyl (C=O) groups is 1. The Morgan fingerprint density at radius 1 is 1.11 bits per heavy atom. The minimum atomic E-state index is -0.319. The van der Waals surface area contributed by atoms with Crippen LogP contribution in [0, 0.1) is 12.7 Å². The van der Waals surface area contributed by atoms with Gasteiger partial charge in [0.1, 0.15) is 5.82 Å². The van der Waals surface area contributed by atoms with Crippen LogP contribution in [0.1, 0.15) is 27.9 Å². The van der Waals surface area contributed by atoms with Crippen LogP contribution in [0.3, 0.4) is 0 Å². The third-order valence-corrected chi connectivity index (χ3v) is 2.98. The van der Waals surface area contributed by atoms with Gasteiger partial charge in [-0.25, -0.2) is 4.39 Å². The lowest BCUT2D eigenvalue weighted by molar-refractivity contribution is 0.0982. The van der Waals surface area contributed by atoms with Crippen molar-refractivity contribution >= 4 is 5.78 Å². The second-order valence-electron chi connectivity index (χ2n) is 4.37. The Morgan fingerprint density at radius 3 is 2.50 bits per heavy atom. The van der Waals surface area contributed by atoms with E-state index in [0.29, 0.717) is 24.0 Å². The van der Waals surface area contributed by atoms with Crippen molar-refractivity contribution in [2.75, 3.05) is 0 Å². The first-order valence-corrected chi connectivity index (χ1v) is 6.00. The van der Waals surface area contributed by atoms with Gasteiger partial charge in [-0.1, -0.05) is 42.5 Å². The van der Waals surface area contributed by atoms with Crippen molar-refractivity contribution in [3.05, 3.63) is 71.0 Å². The summed E-state index contributed by atoms with van der Waals surface area (Å²) in [4.78, 5) is 11.9. The number of aryl methyl sites for hydroxylation is 2. The molecular weight excluding hydrogens is 227 g/mol. The molecule has 0 aromatic heterocycles. The Hall–Kier alpha value is -1.96. The smallest absolute Gasteiger partial charge is 0.163 e. The average Bonchev–Trinajstić information content (AvgIpc) is 2.40. The van der Waals surface area contributed by atoms with E-state index in [9.17, 15) is 9.18 Å². The zero-order valence-corrected chi connectivity index (χ0v) is 10.3. The van der Waals surface area contributed by atoms with Crippen LogP contribution >= 0.6 is 0 Å². The van der Waals surface area contributed by atoms with E-state index in [1.807, 2.05) is 30.3 Å². The molecule has 0 aliphatic heterocycles. The van der Waals surface area contributed by atoms with Gasteiger partial charge in [-0.15, -0.1) is 0 Å². The molecule has 0 amide bonds. The fraction of sp³-hybridized carbons (Fsp3) is 0.188. The van der Waals surface area contributed by atoms with Crippen LogP contribution in [0.4, 0.5) is 4.39 Å². The molecule has 0 aliphatic rings. The number of Topliss-reactive ketones (excluding diaryl/α,β-unsaturated/α-hetero) is 1. The predicted octanol–water partition coefficient (Wildman–Crippen LogP) is 3.95. The molecule has 0 atom stereocenters. The van der Waals surface area contributed by atoms with E-state index < -0.39 is 0 Å². The molecule has 2 heteroatoms. The highest BCUT2D eigenvalue weighted by Crippen LogP contribution is 2.12.